The molecule has 9 heteroatoms. The van der Waals surface area contributed by atoms with Crippen LogP contribution in [0.15, 0.2) is 0 Å². The highest BCUT2D eigenvalue weighted by atomic mass is 32.2. The van der Waals surface area contributed by atoms with Crippen molar-refractivity contribution in [2.45, 2.75) is 18.6 Å². The minimum Gasteiger partial charge on any atom is -0.309 e. The zero-order valence-electron chi connectivity index (χ0n) is 9.04. The summed E-state index contributed by atoms with van der Waals surface area (Å²) in [6.07, 6.45) is 1.89. The van der Waals surface area contributed by atoms with Crippen LogP contribution >= 0.6 is 0 Å². The minimum atomic E-state index is -3.47. The highest BCUT2D eigenvalue weighted by Gasteiger charge is 2.28. The highest BCUT2D eigenvalue weighted by Crippen LogP contribution is 2.13. The van der Waals surface area contributed by atoms with Crippen molar-refractivity contribution in [3.8, 4) is 0 Å². The third-order valence-electron chi connectivity index (χ3n) is 1.98. The molecule has 16 heavy (non-hydrogen) atoms. The Bertz CT molecular complexity index is 428. The van der Waals surface area contributed by atoms with Crippen LogP contribution in [0.3, 0.4) is 0 Å². The van der Waals surface area contributed by atoms with E-state index in [1.165, 1.54) is 0 Å². The predicted octanol–water partition coefficient (Wildman–Crippen LogP) is -1.33. The first-order valence-corrected chi connectivity index (χ1v) is 8.25. The van der Waals surface area contributed by atoms with Crippen LogP contribution in [-0.4, -0.2) is 54.6 Å². The molecule has 2 atom stereocenters. The van der Waals surface area contributed by atoms with Gasteiger partial charge in [-0.3, -0.25) is 8.37 Å². The quantitative estimate of drug-likeness (QED) is 0.619. The summed E-state index contributed by atoms with van der Waals surface area (Å²) in [6, 6.07) is -0.207. The standard InChI is InChI=1S/C7H15NO6S2/c1-15(9,10)13-5-6-3-7(4-8-6)14-16(2,11)12/h6-8H,3-5H2,1-2H3/t6-,7+/m1/s1. The molecule has 0 spiro atoms. The number of rotatable bonds is 5. The molecule has 1 N–H and O–H groups in total. The largest absolute Gasteiger partial charge is 0.309 e. The van der Waals surface area contributed by atoms with E-state index in [0.29, 0.717) is 13.0 Å². The molecule has 0 aromatic rings. The lowest BCUT2D eigenvalue weighted by Gasteiger charge is -2.09. The van der Waals surface area contributed by atoms with Crippen LogP contribution in [0.1, 0.15) is 6.42 Å². The normalized spacial score (nSPS) is 27.1. The summed E-state index contributed by atoms with van der Waals surface area (Å²) in [5, 5.41) is 2.92. The Hall–Kier alpha value is -0.220. The van der Waals surface area contributed by atoms with E-state index in [4.69, 9.17) is 4.18 Å². The maximum atomic E-state index is 10.8. The predicted molar refractivity (Wildman–Crippen MR) is 56.9 cm³/mol. The fourth-order valence-corrected chi connectivity index (χ4v) is 2.49. The zero-order chi connectivity index (χ0) is 12.4. The van der Waals surface area contributed by atoms with Crippen molar-refractivity contribution in [2.24, 2.45) is 0 Å². The maximum absolute atomic E-state index is 10.8. The summed E-state index contributed by atoms with van der Waals surface area (Å²) in [4.78, 5) is 0. The lowest BCUT2D eigenvalue weighted by molar-refractivity contribution is 0.220. The van der Waals surface area contributed by atoms with Crippen LogP contribution in [0.4, 0.5) is 0 Å². The summed E-state index contributed by atoms with van der Waals surface area (Å²) < 4.78 is 52.5. The smallest absolute Gasteiger partial charge is 0.264 e. The molecular weight excluding hydrogens is 258 g/mol. The van der Waals surface area contributed by atoms with Gasteiger partial charge in [-0.15, -0.1) is 0 Å². The van der Waals surface area contributed by atoms with E-state index < -0.39 is 26.3 Å². The van der Waals surface area contributed by atoms with Gasteiger partial charge < -0.3 is 5.32 Å². The van der Waals surface area contributed by atoms with Gasteiger partial charge in [0.25, 0.3) is 20.2 Å². The molecular formula is C7H15NO6S2. The van der Waals surface area contributed by atoms with Crippen LogP contribution < -0.4 is 5.32 Å². The lowest BCUT2D eigenvalue weighted by Crippen LogP contribution is -2.27. The molecule has 1 saturated heterocycles. The van der Waals surface area contributed by atoms with E-state index >= 15 is 0 Å². The molecule has 0 unspecified atom stereocenters. The Labute approximate surface area is 95.4 Å². The molecule has 0 radical (unpaired) electrons. The number of hydrogen-bond acceptors (Lipinski definition) is 7. The molecule has 0 aliphatic carbocycles. The molecule has 0 saturated carbocycles. The molecule has 1 rings (SSSR count). The average Bonchev–Trinajstić information content (AvgIpc) is 2.44. The SMILES string of the molecule is CS(=O)(=O)OC[C@H]1C[C@H](OS(C)(=O)=O)CN1. The summed E-state index contributed by atoms with van der Waals surface area (Å²) >= 11 is 0. The van der Waals surface area contributed by atoms with E-state index in [1.54, 1.807) is 0 Å². The van der Waals surface area contributed by atoms with Crippen LogP contribution in [0.5, 0.6) is 0 Å². The van der Waals surface area contributed by atoms with E-state index in [2.05, 4.69) is 9.50 Å². The van der Waals surface area contributed by atoms with E-state index in [9.17, 15) is 16.8 Å². The van der Waals surface area contributed by atoms with Gasteiger partial charge in [0, 0.05) is 12.6 Å². The minimum absolute atomic E-state index is 0.0115. The molecule has 1 aliphatic rings. The van der Waals surface area contributed by atoms with Gasteiger partial charge in [-0.05, 0) is 6.42 Å². The van der Waals surface area contributed by atoms with Crippen molar-refractivity contribution in [2.75, 3.05) is 25.7 Å². The molecule has 1 fully saturated rings. The molecule has 1 aliphatic heterocycles. The van der Waals surface area contributed by atoms with Crippen LogP contribution in [0.2, 0.25) is 0 Å². The fourth-order valence-electron chi connectivity index (χ4n) is 1.44. The summed E-state index contributed by atoms with van der Waals surface area (Å²) in [6.45, 7) is 0.354. The van der Waals surface area contributed by atoms with Crippen molar-refractivity contribution >= 4 is 20.2 Å². The molecule has 0 bridgehead atoms. The first kappa shape index (κ1) is 13.8. The topological polar surface area (TPSA) is 98.8 Å². The molecule has 0 aromatic heterocycles. The zero-order valence-corrected chi connectivity index (χ0v) is 10.7. The number of nitrogens with one attached hydrogen (secondary N) is 1. The first-order chi connectivity index (χ1) is 7.16. The van der Waals surface area contributed by atoms with E-state index in [1.807, 2.05) is 0 Å². The molecule has 7 nitrogen and oxygen atoms in total. The monoisotopic (exact) mass is 273 g/mol. The first-order valence-electron chi connectivity index (χ1n) is 4.62. The molecule has 96 valence electrons. The van der Waals surface area contributed by atoms with Crippen molar-refractivity contribution < 1.29 is 25.2 Å². The second-order valence-electron chi connectivity index (χ2n) is 3.75. The molecule has 0 aromatic carbocycles. The van der Waals surface area contributed by atoms with E-state index in [-0.39, 0.29) is 12.6 Å². The van der Waals surface area contributed by atoms with Crippen molar-refractivity contribution in [1.29, 1.82) is 0 Å². The van der Waals surface area contributed by atoms with Crippen molar-refractivity contribution in [3.05, 3.63) is 0 Å². The van der Waals surface area contributed by atoms with Gasteiger partial charge in [-0.25, -0.2) is 0 Å². The Kier molecular flexibility index (Phi) is 4.29. The van der Waals surface area contributed by atoms with Gasteiger partial charge in [-0.2, -0.15) is 16.8 Å². The Morgan fingerprint density at radius 3 is 2.31 bits per heavy atom. The van der Waals surface area contributed by atoms with Gasteiger partial charge >= 0.3 is 0 Å². The Morgan fingerprint density at radius 1 is 1.19 bits per heavy atom. The van der Waals surface area contributed by atoms with Gasteiger partial charge in [-0.1, -0.05) is 0 Å². The second-order valence-corrected chi connectivity index (χ2v) is 7.00. The van der Waals surface area contributed by atoms with Gasteiger partial charge in [0.1, 0.15) is 0 Å². The highest BCUT2D eigenvalue weighted by molar-refractivity contribution is 7.86. The van der Waals surface area contributed by atoms with Crippen LogP contribution in [0, 0.1) is 0 Å². The number of hydrogen-bond donors (Lipinski definition) is 1. The Balaban J connectivity index is 2.36. The average molecular weight is 273 g/mol. The summed E-state index contributed by atoms with van der Waals surface area (Å²) in [7, 11) is -6.94. The molecule has 1 heterocycles. The van der Waals surface area contributed by atoms with E-state index in [0.717, 1.165) is 12.5 Å². The van der Waals surface area contributed by atoms with Crippen LogP contribution in [0.25, 0.3) is 0 Å². The van der Waals surface area contributed by atoms with Crippen LogP contribution in [-0.2, 0) is 28.6 Å². The third kappa shape index (κ3) is 5.75. The van der Waals surface area contributed by atoms with Crippen molar-refractivity contribution in [1.82, 2.24) is 5.32 Å². The van der Waals surface area contributed by atoms with Gasteiger partial charge in [0.15, 0.2) is 0 Å². The maximum Gasteiger partial charge on any atom is 0.264 e. The summed E-state index contributed by atoms with van der Waals surface area (Å²) in [5.41, 5.74) is 0. The second kappa shape index (κ2) is 4.96. The lowest BCUT2D eigenvalue weighted by atomic mass is 10.2. The van der Waals surface area contributed by atoms with Crippen molar-refractivity contribution in [3.63, 3.8) is 0 Å². The molecule has 0 amide bonds. The summed E-state index contributed by atoms with van der Waals surface area (Å²) in [5.74, 6) is 0. The van der Waals surface area contributed by atoms with Gasteiger partial charge in [0.2, 0.25) is 0 Å². The third-order valence-corrected chi connectivity index (χ3v) is 3.16. The fraction of sp³-hybridized carbons (Fsp3) is 1.00. The Morgan fingerprint density at radius 2 is 1.81 bits per heavy atom. The van der Waals surface area contributed by atoms with Gasteiger partial charge in [0.05, 0.1) is 25.2 Å².